The predicted octanol–water partition coefficient (Wildman–Crippen LogP) is 3.31. The van der Waals surface area contributed by atoms with Gasteiger partial charge in [0.05, 0.1) is 0 Å². The number of benzene rings is 3. The molecule has 0 aliphatic heterocycles. The number of rotatable bonds is 0. The number of ketones is 1. The van der Waals surface area contributed by atoms with Gasteiger partial charge in [0.2, 0.25) is 0 Å². The Morgan fingerprint density at radius 3 is 2.43 bits per heavy atom. The molecule has 0 amide bonds. The minimum atomic E-state index is -1.47. The van der Waals surface area contributed by atoms with Crippen LogP contribution in [-0.2, 0) is 4.79 Å². The number of alkyl halides is 2. The van der Waals surface area contributed by atoms with Crippen LogP contribution in [0.5, 0.6) is 0 Å². The molecule has 0 saturated carbocycles. The molecular formula is C18H10Cl2O. The molecule has 0 fully saturated rings. The second-order valence-corrected chi connectivity index (χ2v) is 6.65. The second-order valence-electron chi connectivity index (χ2n) is 5.26. The summed E-state index contributed by atoms with van der Waals surface area (Å²) in [6.45, 7) is 0. The summed E-state index contributed by atoms with van der Waals surface area (Å²) in [4.78, 5) is 11.9. The third kappa shape index (κ3) is 1.97. The Kier molecular flexibility index (Phi) is 2.66. The molecule has 1 aliphatic carbocycles. The average molecular weight is 313 g/mol. The lowest BCUT2D eigenvalue weighted by atomic mass is 9.97. The van der Waals surface area contributed by atoms with Gasteiger partial charge in [-0.05, 0) is 56.3 Å². The van der Waals surface area contributed by atoms with Crippen LogP contribution in [0.25, 0.3) is 33.7 Å². The summed E-state index contributed by atoms with van der Waals surface area (Å²) < 4.78 is -1.47. The molecule has 1 nitrogen and oxygen atoms in total. The van der Waals surface area contributed by atoms with Crippen LogP contribution in [0.2, 0.25) is 0 Å². The molecule has 0 aromatic heterocycles. The number of fused-ring (bicyclic) bond motifs is 4. The van der Waals surface area contributed by atoms with Gasteiger partial charge in [0.25, 0.3) is 0 Å². The number of carbonyl (C=O) groups excluding carboxylic acids is 1. The van der Waals surface area contributed by atoms with Crippen molar-refractivity contribution in [2.75, 3.05) is 0 Å². The zero-order valence-electron chi connectivity index (χ0n) is 10.9. The Morgan fingerprint density at radius 2 is 1.57 bits per heavy atom. The smallest absolute Gasteiger partial charge is 0.198 e. The van der Waals surface area contributed by atoms with E-state index in [0.717, 1.165) is 21.2 Å². The molecule has 1 aliphatic rings. The number of hydrogen-bond acceptors (Lipinski definition) is 1. The van der Waals surface area contributed by atoms with Crippen LogP contribution >= 0.6 is 23.2 Å². The van der Waals surface area contributed by atoms with E-state index in [1.165, 1.54) is 16.8 Å². The van der Waals surface area contributed by atoms with Crippen LogP contribution in [-0.4, -0.2) is 10.1 Å². The maximum absolute atomic E-state index is 11.9. The van der Waals surface area contributed by atoms with Crippen LogP contribution in [0.4, 0.5) is 0 Å². The van der Waals surface area contributed by atoms with Gasteiger partial charge in [-0.15, -0.1) is 0 Å². The molecule has 0 bridgehead atoms. The Bertz CT molecular complexity index is 1030. The Balaban J connectivity index is 2.20. The van der Waals surface area contributed by atoms with Gasteiger partial charge < -0.3 is 0 Å². The summed E-state index contributed by atoms with van der Waals surface area (Å²) in [6.07, 6.45) is 3.14. The van der Waals surface area contributed by atoms with Crippen molar-refractivity contribution in [3.8, 4) is 0 Å². The Labute approximate surface area is 131 Å². The number of carbonyl (C=O) groups is 1. The number of Topliss-reactive ketones (excluding diaryl/α,β-unsaturated/α-hetero) is 1. The molecule has 3 heteroatoms. The first-order valence-electron chi connectivity index (χ1n) is 6.63. The molecule has 0 atom stereocenters. The molecule has 0 unspecified atom stereocenters. The Hall–Kier alpha value is -1.83. The lowest BCUT2D eigenvalue weighted by molar-refractivity contribution is -0.112. The fourth-order valence-corrected chi connectivity index (χ4v) is 3.19. The van der Waals surface area contributed by atoms with Crippen molar-refractivity contribution in [3.63, 3.8) is 0 Å². The molecule has 0 heterocycles. The summed E-state index contributed by atoms with van der Waals surface area (Å²) in [5.74, 6) is -0.293. The average Bonchev–Trinajstić information content (AvgIpc) is 2.46. The van der Waals surface area contributed by atoms with Crippen LogP contribution in [0.3, 0.4) is 0 Å². The van der Waals surface area contributed by atoms with E-state index in [1.54, 1.807) is 6.08 Å². The van der Waals surface area contributed by atoms with Gasteiger partial charge in [-0.1, -0.05) is 59.6 Å². The number of hydrogen-bond donors (Lipinski definition) is 0. The minimum absolute atomic E-state index is 0.293. The molecular weight excluding hydrogens is 303 g/mol. The predicted molar refractivity (Wildman–Crippen MR) is 89.1 cm³/mol. The van der Waals surface area contributed by atoms with E-state index in [4.69, 9.17) is 23.2 Å². The van der Waals surface area contributed by atoms with Crippen molar-refractivity contribution in [2.24, 2.45) is 0 Å². The van der Waals surface area contributed by atoms with E-state index in [9.17, 15) is 4.79 Å². The lowest BCUT2D eigenvalue weighted by Gasteiger charge is -2.15. The highest BCUT2D eigenvalue weighted by Gasteiger charge is 2.30. The quantitative estimate of drug-likeness (QED) is 0.460. The summed E-state index contributed by atoms with van der Waals surface area (Å²) in [6, 6.07) is 16.4. The largest absolute Gasteiger partial charge is 0.291 e. The van der Waals surface area contributed by atoms with Crippen molar-refractivity contribution < 1.29 is 4.79 Å². The highest BCUT2D eigenvalue weighted by molar-refractivity contribution is 6.65. The van der Waals surface area contributed by atoms with Gasteiger partial charge in [0.1, 0.15) is 0 Å². The first kappa shape index (κ1) is 12.9. The summed E-state index contributed by atoms with van der Waals surface area (Å²) in [7, 11) is 0. The monoisotopic (exact) mass is 312 g/mol. The Morgan fingerprint density at radius 1 is 0.810 bits per heavy atom. The maximum Gasteiger partial charge on any atom is 0.198 e. The SMILES string of the molecule is O=C1C=c2cc3ccc4ccccc4c3cc2=CC1(Cl)Cl. The molecule has 3 aromatic carbocycles. The van der Waals surface area contributed by atoms with Crippen LogP contribution in [0.15, 0.2) is 48.5 Å². The van der Waals surface area contributed by atoms with Crippen molar-refractivity contribution in [1.82, 2.24) is 0 Å². The van der Waals surface area contributed by atoms with E-state index in [1.807, 2.05) is 18.2 Å². The summed E-state index contributed by atoms with van der Waals surface area (Å²) in [5.41, 5.74) is 0. The van der Waals surface area contributed by atoms with E-state index >= 15 is 0 Å². The van der Waals surface area contributed by atoms with E-state index in [2.05, 4.69) is 30.3 Å². The zero-order valence-corrected chi connectivity index (χ0v) is 12.4. The van der Waals surface area contributed by atoms with Gasteiger partial charge in [0, 0.05) is 0 Å². The molecule has 0 spiro atoms. The first-order valence-corrected chi connectivity index (χ1v) is 7.39. The topological polar surface area (TPSA) is 17.1 Å². The molecule has 0 N–H and O–H groups in total. The molecule has 0 saturated heterocycles. The molecule has 0 radical (unpaired) electrons. The van der Waals surface area contributed by atoms with Crippen molar-refractivity contribution in [2.45, 2.75) is 4.33 Å². The highest BCUT2D eigenvalue weighted by Crippen LogP contribution is 2.27. The molecule has 102 valence electrons. The van der Waals surface area contributed by atoms with Gasteiger partial charge in [-0.2, -0.15) is 0 Å². The van der Waals surface area contributed by atoms with Crippen LogP contribution in [0, 0.1) is 0 Å². The highest BCUT2D eigenvalue weighted by atomic mass is 35.5. The fraction of sp³-hybridized carbons (Fsp3) is 0.0556. The van der Waals surface area contributed by atoms with Crippen LogP contribution in [0.1, 0.15) is 0 Å². The fourth-order valence-electron chi connectivity index (χ4n) is 2.84. The lowest BCUT2D eigenvalue weighted by Crippen LogP contribution is -2.38. The van der Waals surface area contributed by atoms with Gasteiger partial charge in [0.15, 0.2) is 10.1 Å². The van der Waals surface area contributed by atoms with Crippen LogP contribution < -0.4 is 10.4 Å². The minimum Gasteiger partial charge on any atom is -0.291 e. The zero-order chi connectivity index (χ0) is 14.6. The molecule has 21 heavy (non-hydrogen) atoms. The van der Waals surface area contributed by atoms with Crippen molar-refractivity contribution >= 4 is 62.7 Å². The van der Waals surface area contributed by atoms with Crippen molar-refractivity contribution in [1.29, 1.82) is 0 Å². The molecule has 3 aromatic rings. The number of halogens is 2. The van der Waals surface area contributed by atoms with Gasteiger partial charge >= 0.3 is 0 Å². The van der Waals surface area contributed by atoms with Crippen molar-refractivity contribution in [3.05, 3.63) is 59.0 Å². The molecule has 4 rings (SSSR count). The third-order valence-corrected chi connectivity index (χ3v) is 4.49. The normalized spacial score (nSPS) is 16.4. The summed E-state index contributed by atoms with van der Waals surface area (Å²) in [5, 5.41) is 6.35. The standard InChI is InChI=1S/C18H10Cl2O/c19-18(20)10-14-8-16-12(7-13(14)9-17(18)21)6-5-11-3-1-2-4-15(11)16/h1-10H. The first-order chi connectivity index (χ1) is 10.0. The maximum atomic E-state index is 11.9. The van der Waals surface area contributed by atoms with Gasteiger partial charge in [-0.25, -0.2) is 0 Å². The summed E-state index contributed by atoms with van der Waals surface area (Å²) >= 11 is 12.1. The van der Waals surface area contributed by atoms with E-state index in [-0.39, 0.29) is 5.78 Å². The second kappa shape index (κ2) is 4.33. The van der Waals surface area contributed by atoms with Gasteiger partial charge in [-0.3, -0.25) is 4.79 Å². The van der Waals surface area contributed by atoms with E-state index in [0.29, 0.717) is 0 Å². The van der Waals surface area contributed by atoms with E-state index < -0.39 is 4.33 Å². The third-order valence-electron chi connectivity index (χ3n) is 3.90.